The third kappa shape index (κ3) is 3.29. The van der Waals surface area contributed by atoms with Crippen molar-refractivity contribution in [3.8, 4) is 10.8 Å². The van der Waals surface area contributed by atoms with Crippen LogP contribution in [0.5, 0.6) is 0 Å². The molecule has 2 aromatic rings. The zero-order valence-electron chi connectivity index (χ0n) is 11.5. The van der Waals surface area contributed by atoms with Crippen LogP contribution in [0.1, 0.15) is 5.82 Å². The number of hydrogen-bond acceptors (Lipinski definition) is 8. The molecule has 0 bridgehead atoms. The summed E-state index contributed by atoms with van der Waals surface area (Å²) in [5, 5.41) is 5.94. The second-order valence-electron chi connectivity index (χ2n) is 4.61. The average molecular weight is 309 g/mol. The molecule has 0 saturated carbocycles. The van der Waals surface area contributed by atoms with E-state index in [1.165, 1.54) is 7.11 Å². The fourth-order valence-corrected chi connectivity index (χ4v) is 2.78. The topological polar surface area (TPSA) is 77.7 Å². The molecule has 1 fully saturated rings. The Morgan fingerprint density at radius 3 is 3.29 bits per heavy atom. The molecule has 1 saturated heterocycles. The molecule has 21 heavy (non-hydrogen) atoms. The van der Waals surface area contributed by atoms with Crippen LogP contribution in [0.25, 0.3) is 10.8 Å². The summed E-state index contributed by atoms with van der Waals surface area (Å²) >= 11 is 1.55. The number of morpholine rings is 1. The molecular formula is C13H15N3O4S. The molecule has 2 aromatic heterocycles. The number of methoxy groups -OCH3 is 1. The van der Waals surface area contributed by atoms with Gasteiger partial charge in [-0.15, -0.1) is 11.3 Å². The summed E-state index contributed by atoms with van der Waals surface area (Å²) in [6.07, 6.45) is -0.549. The van der Waals surface area contributed by atoms with Crippen molar-refractivity contribution in [3.63, 3.8) is 0 Å². The molecule has 1 atom stereocenters. The van der Waals surface area contributed by atoms with Crippen LogP contribution in [0.3, 0.4) is 0 Å². The van der Waals surface area contributed by atoms with Crippen LogP contribution in [-0.4, -0.2) is 53.9 Å². The number of thiophene rings is 1. The molecule has 1 aliphatic heterocycles. The van der Waals surface area contributed by atoms with Crippen LogP contribution in [0.4, 0.5) is 0 Å². The second kappa shape index (κ2) is 6.33. The van der Waals surface area contributed by atoms with E-state index in [1.54, 1.807) is 11.3 Å². The van der Waals surface area contributed by atoms with Crippen molar-refractivity contribution >= 4 is 17.3 Å². The Kier molecular flexibility index (Phi) is 4.28. The van der Waals surface area contributed by atoms with Gasteiger partial charge in [-0.25, -0.2) is 4.79 Å². The predicted octanol–water partition coefficient (Wildman–Crippen LogP) is 1.17. The highest BCUT2D eigenvalue weighted by molar-refractivity contribution is 7.13. The van der Waals surface area contributed by atoms with Gasteiger partial charge in [0, 0.05) is 13.1 Å². The standard InChI is InChI=1S/C13H15N3O4S/c1-18-13(17)9-7-16(4-5-19-9)8-11-14-12(20-15-11)10-3-2-6-21-10/h2-3,6,9H,4-5,7-8H2,1H3. The van der Waals surface area contributed by atoms with Crippen molar-refractivity contribution in [3.05, 3.63) is 23.3 Å². The van der Waals surface area contributed by atoms with Crippen LogP contribution < -0.4 is 0 Å². The van der Waals surface area contributed by atoms with E-state index in [1.807, 2.05) is 22.4 Å². The predicted molar refractivity (Wildman–Crippen MR) is 74.6 cm³/mol. The minimum Gasteiger partial charge on any atom is -0.467 e. The lowest BCUT2D eigenvalue weighted by Crippen LogP contribution is -2.46. The van der Waals surface area contributed by atoms with Crippen molar-refractivity contribution in [2.45, 2.75) is 12.6 Å². The molecule has 0 aliphatic carbocycles. The Morgan fingerprint density at radius 1 is 1.62 bits per heavy atom. The molecule has 1 aliphatic rings. The fourth-order valence-electron chi connectivity index (χ4n) is 2.14. The summed E-state index contributed by atoms with van der Waals surface area (Å²) in [7, 11) is 1.36. The lowest BCUT2D eigenvalue weighted by molar-refractivity contribution is -0.160. The van der Waals surface area contributed by atoms with E-state index < -0.39 is 6.10 Å². The number of esters is 1. The van der Waals surface area contributed by atoms with Crippen LogP contribution in [0.15, 0.2) is 22.0 Å². The van der Waals surface area contributed by atoms with Gasteiger partial charge in [-0.1, -0.05) is 11.2 Å². The maximum absolute atomic E-state index is 11.5. The molecule has 1 unspecified atom stereocenters. The van der Waals surface area contributed by atoms with Crippen molar-refractivity contribution < 1.29 is 18.8 Å². The number of carbonyl (C=O) groups excluding carboxylic acids is 1. The molecule has 112 valence electrons. The van der Waals surface area contributed by atoms with E-state index >= 15 is 0 Å². The van der Waals surface area contributed by atoms with E-state index in [0.29, 0.717) is 31.4 Å². The van der Waals surface area contributed by atoms with E-state index in [-0.39, 0.29) is 5.97 Å². The molecule has 0 spiro atoms. The number of carbonyl (C=O) groups is 1. The van der Waals surface area contributed by atoms with Crippen molar-refractivity contribution in [2.75, 3.05) is 26.8 Å². The highest BCUT2D eigenvalue weighted by Crippen LogP contribution is 2.22. The Balaban J connectivity index is 1.62. The quantitative estimate of drug-likeness (QED) is 0.785. The lowest BCUT2D eigenvalue weighted by Gasteiger charge is -2.30. The molecule has 8 heteroatoms. The SMILES string of the molecule is COC(=O)C1CN(Cc2noc(-c3cccs3)n2)CCO1. The van der Waals surface area contributed by atoms with Gasteiger partial charge in [0.25, 0.3) is 5.89 Å². The first kappa shape index (κ1) is 14.2. The highest BCUT2D eigenvalue weighted by Gasteiger charge is 2.28. The van der Waals surface area contributed by atoms with Gasteiger partial charge >= 0.3 is 5.97 Å². The minimum absolute atomic E-state index is 0.355. The van der Waals surface area contributed by atoms with Crippen molar-refractivity contribution in [1.82, 2.24) is 15.0 Å². The van der Waals surface area contributed by atoms with E-state index in [0.717, 1.165) is 11.4 Å². The fraction of sp³-hybridized carbons (Fsp3) is 0.462. The number of nitrogens with zero attached hydrogens (tertiary/aromatic N) is 3. The van der Waals surface area contributed by atoms with Gasteiger partial charge in [-0.3, -0.25) is 4.90 Å². The maximum atomic E-state index is 11.5. The molecule has 3 heterocycles. The smallest absolute Gasteiger partial charge is 0.336 e. The third-order valence-electron chi connectivity index (χ3n) is 3.18. The van der Waals surface area contributed by atoms with Crippen LogP contribution >= 0.6 is 11.3 Å². The Hall–Kier alpha value is -1.77. The Bertz CT molecular complexity index is 598. The maximum Gasteiger partial charge on any atom is 0.336 e. The molecule has 0 radical (unpaired) electrons. The van der Waals surface area contributed by atoms with E-state index in [9.17, 15) is 4.79 Å². The zero-order chi connectivity index (χ0) is 14.7. The molecular weight excluding hydrogens is 294 g/mol. The lowest BCUT2D eigenvalue weighted by atomic mass is 10.2. The first-order valence-corrected chi connectivity index (χ1v) is 7.42. The normalized spacial score (nSPS) is 19.6. The first-order valence-electron chi connectivity index (χ1n) is 6.54. The Morgan fingerprint density at radius 2 is 2.52 bits per heavy atom. The van der Waals surface area contributed by atoms with Gasteiger partial charge in [0.15, 0.2) is 11.9 Å². The third-order valence-corrected chi connectivity index (χ3v) is 4.04. The van der Waals surface area contributed by atoms with Crippen molar-refractivity contribution in [1.29, 1.82) is 0 Å². The average Bonchev–Trinajstić information content (AvgIpc) is 3.17. The summed E-state index contributed by atoms with van der Waals surface area (Å²) in [6, 6.07) is 3.87. The number of hydrogen-bond donors (Lipinski definition) is 0. The summed E-state index contributed by atoms with van der Waals surface area (Å²) in [5.41, 5.74) is 0. The monoisotopic (exact) mass is 309 g/mol. The number of ether oxygens (including phenoxy) is 2. The van der Waals surface area contributed by atoms with E-state index in [4.69, 9.17) is 14.0 Å². The Labute approximate surface area is 125 Å². The molecule has 3 rings (SSSR count). The summed E-state index contributed by atoms with van der Waals surface area (Å²) < 4.78 is 15.3. The second-order valence-corrected chi connectivity index (χ2v) is 5.56. The van der Waals surface area contributed by atoms with Crippen molar-refractivity contribution in [2.24, 2.45) is 0 Å². The first-order chi connectivity index (χ1) is 10.3. The zero-order valence-corrected chi connectivity index (χ0v) is 12.3. The van der Waals surface area contributed by atoms with Gasteiger partial charge in [0.2, 0.25) is 0 Å². The molecule has 7 nitrogen and oxygen atoms in total. The minimum atomic E-state index is -0.549. The van der Waals surface area contributed by atoms with Gasteiger partial charge in [0.05, 0.1) is 25.1 Å². The number of aromatic nitrogens is 2. The van der Waals surface area contributed by atoms with Crippen LogP contribution in [0.2, 0.25) is 0 Å². The number of rotatable bonds is 4. The van der Waals surface area contributed by atoms with Crippen LogP contribution in [-0.2, 0) is 20.8 Å². The largest absolute Gasteiger partial charge is 0.467 e. The van der Waals surface area contributed by atoms with Gasteiger partial charge in [-0.2, -0.15) is 4.98 Å². The molecule has 0 aromatic carbocycles. The summed E-state index contributed by atoms with van der Waals surface area (Å²) in [6.45, 7) is 2.19. The highest BCUT2D eigenvalue weighted by atomic mass is 32.1. The van der Waals surface area contributed by atoms with Crippen LogP contribution in [0, 0.1) is 0 Å². The van der Waals surface area contributed by atoms with Gasteiger partial charge in [-0.05, 0) is 11.4 Å². The van der Waals surface area contributed by atoms with Gasteiger partial charge in [0.1, 0.15) is 0 Å². The summed E-state index contributed by atoms with van der Waals surface area (Å²) in [4.78, 5) is 18.9. The molecule has 0 N–H and O–H groups in total. The molecule has 0 amide bonds. The van der Waals surface area contributed by atoms with Gasteiger partial charge < -0.3 is 14.0 Å². The summed E-state index contributed by atoms with van der Waals surface area (Å²) in [5.74, 6) is 0.772. The van der Waals surface area contributed by atoms with E-state index in [2.05, 4.69) is 10.1 Å².